The smallest absolute Gasteiger partial charge is 0.266 e. The number of thiazole rings is 1. The lowest BCUT2D eigenvalue weighted by Crippen LogP contribution is -2.21. The number of rotatable bonds is 4. The standard InChI is InChI=1S/C24H18N4OS/c1-16-21(30-24(25-16)26-17-10-4-2-5-11-17)22-27-20-15-9-8-14-19(20)23(29)28(22)18-12-6-3-7-13-18/h2-15H,1H3,(H,25,26). The summed E-state index contributed by atoms with van der Waals surface area (Å²) in [6.07, 6.45) is 0. The normalized spacial score (nSPS) is 11.0. The molecule has 2 heterocycles. The van der Waals surface area contributed by atoms with E-state index < -0.39 is 0 Å². The van der Waals surface area contributed by atoms with Gasteiger partial charge in [0.2, 0.25) is 0 Å². The molecule has 3 aromatic carbocycles. The van der Waals surface area contributed by atoms with Crippen molar-refractivity contribution in [3.8, 4) is 16.4 Å². The van der Waals surface area contributed by atoms with Crippen LogP contribution in [0.25, 0.3) is 27.3 Å². The molecular weight excluding hydrogens is 392 g/mol. The van der Waals surface area contributed by atoms with E-state index in [1.807, 2.05) is 91.9 Å². The van der Waals surface area contributed by atoms with E-state index in [0.29, 0.717) is 16.7 Å². The van der Waals surface area contributed by atoms with Crippen molar-refractivity contribution >= 4 is 33.1 Å². The number of benzene rings is 3. The van der Waals surface area contributed by atoms with Gasteiger partial charge in [-0.3, -0.25) is 9.36 Å². The maximum Gasteiger partial charge on any atom is 0.266 e. The summed E-state index contributed by atoms with van der Waals surface area (Å²) in [5.41, 5.74) is 3.15. The Hall–Kier alpha value is -3.77. The molecule has 0 unspecified atom stereocenters. The quantitative estimate of drug-likeness (QED) is 0.421. The summed E-state index contributed by atoms with van der Waals surface area (Å²) in [5.74, 6) is 0.598. The first-order valence-electron chi connectivity index (χ1n) is 9.58. The fourth-order valence-electron chi connectivity index (χ4n) is 3.40. The van der Waals surface area contributed by atoms with Gasteiger partial charge in [0.05, 0.1) is 27.2 Å². The average molecular weight is 411 g/mol. The molecule has 0 saturated carbocycles. The molecule has 5 aromatic rings. The van der Waals surface area contributed by atoms with Crippen LogP contribution in [0.5, 0.6) is 0 Å². The number of fused-ring (bicyclic) bond motifs is 1. The van der Waals surface area contributed by atoms with Crippen molar-refractivity contribution in [3.05, 3.63) is 101 Å². The molecule has 5 rings (SSSR count). The van der Waals surface area contributed by atoms with Gasteiger partial charge in [-0.25, -0.2) is 9.97 Å². The summed E-state index contributed by atoms with van der Waals surface area (Å²) < 4.78 is 1.68. The minimum Gasteiger partial charge on any atom is -0.332 e. The predicted molar refractivity (Wildman–Crippen MR) is 123 cm³/mol. The Bertz CT molecular complexity index is 1390. The molecule has 0 aliphatic carbocycles. The number of anilines is 2. The molecular formula is C24H18N4OS. The Morgan fingerprint density at radius 3 is 2.27 bits per heavy atom. The Balaban J connectivity index is 1.72. The molecule has 146 valence electrons. The lowest BCUT2D eigenvalue weighted by atomic mass is 10.2. The third-order valence-electron chi connectivity index (χ3n) is 4.81. The molecule has 0 radical (unpaired) electrons. The fourth-order valence-corrected chi connectivity index (χ4v) is 4.37. The molecule has 2 aromatic heterocycles. The lowest BCUT2D eigenvalue weighted by Gasteiger charge is -2.13. The molecule has 0 atom stereocenters. The molecule has 30 heavy (non-hydrogen) atoms. The van der Waals surface area contributed by atoms with E-state index in [9.17, 15) is 4.79 Å². The van der Waals surface area contributed by atoms with Crippen molar-refractivity contribution in [2.24, 2.45) is 0 Å². The highest BCUT2D eigenvalue weighted by atomic mass is 32.1. The van der Waals surface area contributed by atoms with Crippen LogP contribution >= 0.6 is 11.3 Å². The van der Waals surface area contributed by atoms with Crippen LogP contribution in [0, 0.1) is 6.92 Å². The topological polar surface area (TPSA) is 59.8 Å². The largest absolute Gasteiger partial charge is 0.332 e. The zero-order valence-electron chi connectivity index (χ0n) is 16.2. The summed E-state index contributed by atoms with van der Waals surface area (Å²) >= 11 is 1.49. The number of aromatic nitrogens is 3. The van der Waals surface area contributed by atoms with Crippen LogP contribution in [0.1, 0.15) is 5.69 Å². The summed E-state index contributed by atoms with van der Waals surface area (Å²) in [4.78, 5) is 23.8. The Kier molecular flexibility index (Phi) is 4.61. The van der Waals surface area contributed by atoms with Crippen LogP contribution in [0.15, 0.2) is 89.7 Å². The van der Waals surface area contributed by atoms with Crippen molar-refractivity contribution < 1.29 is 0 Å². The van der Waals surface area contributed by atoms with Crippen molar-refractivity contribution in [3.63, 3.8) is 0 Å². The summed E-state index contributed by atoms with van der Waals surface area (Å²) in [6.45, 7) is 1.94. The van der Waals surface area contributed by atoms with E-state index in [2.05, 4.69) is 10.3 Å². The van der Waals surface area contributed by atoms with Gasteiger partial charge in [0.15, 0.2) is 11.0 Å². The van der Waals surface area contributed by atoms with Crippen LogP contribution in [-0.4, -0.2) is 14.5 Å². The van der Waals surface area contributed by atoms with Crippen molar-refractivity contribution in [2.45, 2.75) is 6.92 Å². The van der Waals surface area contributed by atoms with Crippen LogP contribution in [0.4, 0.5) is 10.8 Å². The SMILES string of the molecule is Cc1nc(Nc2ccccc2)sc1-c1nc2ccccc2c(=O)n1-c1ccccc1. The molecule has 6 heteroatoms. The van der Waals surface area contributed by atoms with Crippen molar-refractivity contribution in [1.29, 1.82) is 0 Å². The van der Waals surface area contributed by atoms with Gasteiger partial charge in [-0.2, -0.15) is 0 Å². The van der Waals surface area contributed by atoms with Crippen LogP contribution < -0.4 is 10.9 Å². The van der Waals surface area contributed by atoms with Gasteiger partial charge in [0, 0.05) is 5.69 Å². The predicted octanol–water partition coefficient (Wildman–Crippen LogP) is 5.56. The Labute approximate surface area is 177 Å². The third kappa shape index (κ3) is 3.27. The molecule has 1 N–H and O–H groups in total. The Morgan fingerprint density at radius 2 is 1.50 bits per heavy atom. The number of hydrogen-bond acceptors (Lipinski definition) is 5. The second-order valence-corrected chi connectivity index (χ2v) is 7.85. The first-order valence-corrected chi connectivity index (χ1v) is 10.4. The minimum absolute atomic E-state index is 0.0906. The highest BCUT2D eigenvalue weighted by molar-refractivity contribution is 7.19. The zero-order valence-corrected chi connectivity index (χ0v) is 17.1. The number of nitrogens with one attached hydrogen (secondary N) is 1. The van der Waals surface area contributed by atoms with Crippen LogP contribution in [0.2, 0.25) is 0 Å². The van der Waals surface area contributed by atoms with Gasteiger partial charge in [-0.1, -0.05) is 59.9 Å². The van der Waals surface area contributed by atoms with E-state index >= 15 is 0 Å². The highest BCUT2D eigenvalue weighted by Crippen LogP contribution is 2.34. The number of nitrogens with zero attached hydrogens (tertiary/aromatic N) is 3. The first-order chi connectivity index (χ1) is 14.7. The number of para-hydroxylation sites is 3. The summed E-state index contributed by atoms with van der Waals surface area (Å²) in [7, 11) is 0. The third-order valence-corrected chi connectivity index (χ3v) is 5.88. The average Bonchev–Trinajstić information content (AvgIpc) is 3.14. The van der Waals surface area contributed by atoms with Gasteiger partial charge in [-0.05, 0) is 43.3 Å². The van der Waals surface area contributed by atoms with E-state index in [-0.39, 0.29) is 5.56 Å². The fraction of sp³-hybridized carbons (Fsp3) is 0.0417. The summed E-state index contributed by atoms with van der Waals surface area (Å²) in [5, 5.41) is 4.69. The second-order valence-electron chi connectivity index (χ2n) is 6.85. The van der Waals surface area contributed by atoms with E-state index in [0.717, 1.165) is 27.1 Å². The summed E-state index contributed by atoms with van der Waals surface area (Å²) in [6, 6.07) is 27.0. The van der Waals surface area contributed by atoms with E-state index in [1.54, 1.807) is 4.57 Å². The van der Waals surface area contributed by atoms with E-state index in [4.69, 9.17) is 4.98 Å². The van der Waals surface area contributed by atoms with Crippen molar-refractivity contribution in [2.75, 3.05) is 5.32 Å². The lowest BCUT2D eigenvalue weighted by molar-refractivity contribution is 0.976. The molecule has 0 bridgehead atoms. The minimum atomic E-state index is -0.0906. The second kappa shape index (κ2) is 7.57. The van der Waals surface area contributed by atoms with E-state index in [1.165, 1.54) is 11.3 Å². The van der Waals surface area contributed by atoms with Gasteiger partial charge in [0.25, 0.3) is 5.56 Å². The molecule has 0 fully saturated rings. The zero-order chi connectivity index (χ0) is 20.5. The highest BCUT2D eigenvalue weighted by Gasteiger charge is 2.19. The number of hydrogen-bond donors (Lipinski definition) is 1. The van der Waals surface area contributed by atoms with Crippen LogP contribution in [0.3, 0.4) is 0 Å². The maximum absolute atomic E-state index is 13.4. The van der Waals surface area contributed by atoms with Crippen molar-refractivity contribution in [1.82, 2.24) is 14.5 Å². The molecule has 0 aliphatic heterocycles. The van der Waals surface area contributed by atoms with Crippen LogP contribution in [-0.2, 0) is 0 Å². The van der Waals surface area contributed by atoms with Gasteiger partial charge < -0.3 is 5.32 Å². The monoisotopic (exact) mass is 410 g/mol. The van der Waals surface area contributed by atoms with Gasteiger partial charge in [0.1, 0.15) is 0 Å². The molecule has 0 saturated heterocycles. The Morgan fingerprint density at radius 1 is 0.833 bits per heavy atom. The molecule has 0 aliphatic rings. The molecule has 0 amide bonds. The van der Waals surface area contributed by atoms with Gasteiger partial charge >= 0.3 is 0 Å². The number of aryl methyl sites for hydroxylation is 1. The maximum atomic E-state index is 13.4. The first kappa shape index (κ1) is 18.3. The molecule has 5 nitrogen and oxygen atoms in total. The van der Waals surface area contributed by atoms with Gasteiger partial charge in [-0.15, -0.1) is 0 Å². The molecule has 0 spiro atoms.